The van der Waals surface area contributed by atoms with Gasteiger partial charge in [0.05, 0.1) is 35.4 Å². The maximum Gasteiger partial charge on any atom is 0.255 e. The number of hydrogen-bond acceptors (Lipinski definition) is 4. The van der Waals surface area contributed by atoms with Crippen LogP contribution in [-0.4, -0.2) is 28.6 Å². The molecule has 0 radical (unpaired) electrons. The minimum atomic E-state index is -0.681. The molecule has 2 N–H and O–H groups in total. The highest BCUT2D eigenvalue weighted by Gasteiger charge is 2.58. The summed E-state index contributed by atoms with van der Waals surface area (Å²) in [5, 5.41) is 5.99. The van der Waals surface area contributed by atoms with Gasteiger partial charge >= 0.3 is 0 Å². The van der Waals surface area contributed by atoms with Gasteiger partial charge in [0, 0.05) is 29.0 Å². The van der Waals surface area contributed by atoms with Crippen LogP contribution in [0.1, 0.15) is 12.8 Å². The number of ether oxygens (including phenoxy) is 1. The molecule has 34 heavy (non-hydrogen) atoms. The minimum absolute atomic E-state index is 0.0211. The van der Waals surface area contributed by atoms with Crippen LogP contribution in [-0.2, 0) is 14.3 Å². The summed E-state index contributed by atoms with van der Waals surface area (Å²) in [6.45, 7) is 0.496. The molecule has 1 saturated heterocycles. The smallest absolute Gasteiger partial charge is 0.255 e. The highest BCUT2D eigenvalue weighted by atomic mass is 35.5. The number of pyridine rings is 1. The van der Waals surface area contributed by atoms with Crippen LogP contribution in [0.15, 0.2) is 71.7 Å². The van der Waals surface area contributed by atoms with Crippen LogP contribution in [0.25, 0.3) is 5.69 Å². The van der Waals surface area contributed by atoms with Gasteiger partial charge in [-0.3, -0.25) is 19.0 Å². The lowest BCUT2D eigenvalue weighted by Crippen LogP contribution is -2.33. The molecule has 0 bridgehead atoms. The zero-order valence-electron chi connectivity index (χ0n) is 18.0. The van der Waals surface area contributed by atoms with Gasteiger partial charge in [0.1, 0.15) is 5.82 Å². The molecule has 1 spiro atoms. The van der Waals surface area contributed by atoms with Crippen LogP contribution in [0.5, 0.6) is 0 Å². The molecule has 2 aromatic carbocycles. The van der Waals surface area contributed by atoms with Crippen molar-refractivity contribution in [2.45, 2.75) is 18.4 Å². The van der Waals surface area contributed by atoms with E-state index in [-0.39, 0.29) is 17.2 Å². The van der Waals surface area contributed by atoms with Gasteiger partial charge in [0.15, 0.2) is 0 Å². The fourth-order valence-electron chi connectivity index (χ4n) is 4.45. The molecular weight excluding hydrogens is 461 g/mol. The van der Waals surface area contributed by atoms with E-state index in [1.54, 1.807) is 42.5 Å². The van der Waals surface area contributed by atoms with E-state index in [0.717, 1.165) is 0 Å². The van der Waals surface area contributed by atoms with Crippen molar-refractivity contribution in [1.82, 2.24) is 4.57 Å². The van der Waals surface area contributed by atoms with Crippen LogP contribution in [0.4, 0.5) is 15.8 Å². The molecule has 5 rings (SSSR count). The number of hydrogen-bond donors (Lipinski definition) is 2. The van der Waals surface area contributed by atoms with E-state index in [2.05, 4.69) is 10.6 Å². The second-order valence-electron chi connectivity index (χ2n) is 8.65. The Balaban J connectivity index is 1.32. The van der Waals surface area contributed by atoms with Gasteiger partial charge in [-0.1, -0.05) is 17.7 Å². The summed E-state index contributed by atoms with van der Waals surface area (Å²) in [6, 6.07) is 15.5. The third-order valence-corrected chi connectivity index (χ3v) is 6.57. The quantitative estimate of drug-likeness (QED) is 0.539. The van der Waals surface area contributed by atoms with Crippen LogP contribution in [0.3, 0.4) is 0 Å². The van der Waals surface area contributed by atoms with Gasteiger partial charge < -0.3 is 15.4 Å². The van der Waals surface area contributed by atoms with Gasteiger partial charge in [-0.2, -0.15) is 0 Å². The number of anilines is 2. The summed E-state index contributed by atoms with van der Waals surface area (Å²) in [7, 11) is 0. The Morgan fingerprint density at radius 2 is 1.68 bits per heavy atom. The number of epoxide rings is 1. The number of halogens is 2. The number of rotatable bonds is 5. The molecule has 1 saturated carbocycles. The van der Waals surface area contributed by atoms with E-state index in [9.17, 15) is 18.8 Å². The number of nitrogens with one attached hydrogen (secondary N) is 2. The molecule has 3 unspecified atom stereocenters. The first kappa shape index (κ1) is 22.3. The van der Waals surface area contributed by atoms with Gasteiger partial charge in [0.2, 0.25) is 11.8 Å². The lowest BCUT2D eigenvalue weighted by Gasteiger charge is -2.19. The topological polar surface area (TPSA) is 92.7 Å². The number of carbonyl (C=O) groups is 2. The van der Waals surface area contributed by atoms with E-state index in [4.69, 9.17) is 16.3 Å². The summed E-state index contributed by atoms with van der Waals surface area (Å²) < 4.78 is 21.7. The van der Waals surface area contributed by atoms with E-state index in [1.165, 1.54) is 29.0 Å². The number of benzene rings is 2. The maximum atomic E-state index is 14.8. The van der Waals surface area contributed by atoms with Crippen LogP contribution in [0, 0.1) is 17.7 Å². The maximum absolute atomic E-state index is 14.8. The molecule has 2 fully saturated rings. The summed E-state index contributed by atoms with van der Waals surface area (Å²) in [6.07, 6.45) is 2.34. The molecule has 1 aromatic heterocycles. The van der Waals surface area contributed by atoms with Crippen molar-refractivity contribution in [2.24, 2.45) is 11.8 Å². The van der Waals surface area contributed by atoms with Crippen molar-refractivity contribution in [3.8, 4) is 5.69 Å². The van der Waals surface area contributed by atoms with E-state index < -0.39 is 29.2 Å². The number of amides is 2. The first-order valence-electron chi connectivity index (χ1n) is 10.8. The predicted octanol–water partition coefficient (Wildman–Crippen LogP) is 4.00. The minimum Gasteiger partial charge on any atom is -0.370 e. The van der Waals surface area contributed by atoms with Crippen molar-refractivity contribution in [1.29, 1.82) is 0 Å². The Hall–Kier alpha value is -3.49. The molecule has 9 heteroatoms. The second-order valence-corrected chi connectivity index (χ2v) is 9.09. The Bertz CT molecular complexity index is 1320. The molecule has 2 aliphatic rings. The monoisotopic (exact) mass is 481 g/mol. The van der Waals surface area contributed by atoms with Crippen molar-refractivity contribution >= 4 is 34.8 Å². The highest BCUT2D eigenvalue weighted by molar-refractivity contribution is 6.30. The average Bonchev–Trinajstić information content (AvgIpc) is 3.46. The summed E-state index contributed by atoms with van der Waals surface area (Å²) >= 11 is 5.90. The largest absolute Gasteiger partial charge is 0.370 e. The highest BCUT2D eigenvalue weighted by Crippen LogP contribution is 2.50. The normalized spacial score (nSPS) is 23.0. The average molecular weight is 482 g/mol. The molecule has 3 aromatic rings. The molecular formula is C25H21ClFN3O4. The van der Waals surface area contributed by atoms with Crippen LogP contribution >= 0.6 is 11.6 Å². The molecule has 1 aliphatic carbocycles. The lowest BCUT2D eigenvalue weighted by atomic mass is 9.94. The number of carbonyl (C=O) groups excluding carboxylic acids is 2. The summed E-state index contributed by atoms with van der Waals surface area (Å²) in [5.41, 5.74) is 0.124. The van der Waals surface area contributed by atoms with Crippen molar-refractivity contribution in [2.75, 3.05) is 17.2 Å². The number of nitrogens with zero attached hydrogens (tertiary/aromatic N) is 1. The predicted molar refractivity (Wildman–Crippen MR) is 126 cm³/mol. The zero-order valence-corrected chi connectivity index (χ0v) is 18.7. The SMILES string of the molecule is O=C(Nc1ccc(Cl)cc1)C1CC2(CO2)CC1C(=O)Nc1ccc(-n2ccccc2=O)cc1F. The molecule has 174 valence electrons. The third kappa shape index (κ3) is 4.47. The van der Waals surface area contributed by atoms with Crippen molar-refractivity contribution in [3.63, 3.8) is 0 Å². The molecule has 1 aliphatic heterocycles. The van der Waals surface area contributed by atoms with E-state index in [0.29, 0.717) is 35.8 Å². The van der Waals surface area contributed by atoms with E-state index in [1.807, 2.05) is 0 Å². The summed E-state index contributed by atoms with van der Waals surface area (Å²) in [4.78, 5) is 38.1. The van der Waals surface area contributed by atoms with Gasteiger partial charge in [0.25, 0.3) is 5.56 Å². The zero-order chi connectivity index (χ0) is 23.9. The van der Waals surface area contributed by atoms with Gasteiger partial charge in [-0.05, 0) is 55.3 Å². The fraction of sp³-hybridized carbons (Fsp3) is 0.240. The fourth-order valence-corrected chi connectivity index (χ4v) is 4.57. The van der Waals surface area contributed by atoms with Crippen LogP contribution in [0.2, 0.25) is 5.02 Å². The van der Waals surface area contributed by atoms with Gasteiger partial charge in [-0.15, -0.1) is 0 Å². The first-order valence-corrected chi connectivity index (χ1v) is 11.2. The molecule has 2 heterocycles. The standard InChI is InChI=1S/C25H21ClFN3O4/c26-15-4-6-16(7-5-15)28-23(32)18-12-25(14-34-25)13-19(18)24(33)29-21-9-8-17(11-20(21)27)30-10-2-1-3-22(30)31/h1-11,18-19H,12-14H2,(H,28,32)(H,29,33). The van der Waals surface area contributed by atoms with Crippen molar-refractivity contribution < 1.29 is 18.7 Å². The van der Waals surface area contributed by atoms with E-state index >= 15 is 0 Å². The Labute approximate surface area is 199 Å². The molecule has 7 nitrogen and oxygen atoms in total. The molecule has 3 atom stereocenters. The number of aromatic nitrogens is 1. The Kier molecular flexibility index (Phi) is 5.71. The van der Waals surface area contributed by atoms with Gasteiger partial charge in [-0.25, -0.2) is 4.39 Å². The van der Waals surface area contributed by atoms with Crippen molar-refractivity contribution in [3.05, 3.63) is 88.1 Å². The second kappa shape index (κ2) is 8.70. The summed E-state index contributed by atoms with van der Waals surface area (Å²) in [5.74, 6) is -2.73. The van der Waals surface area contributed by atoms with Crippen LogP contribution < -0.4 is 16.2 Å². The Morgan fingerprint density at radius 1 is 1.00 bits per heavy atom. The third-order valence-electron chi connectivity index (χ3n) is 6.32. The Morgan fingerprint density at radius 3 is 2.29 bits per heavy atom. The first-order chi connectivity index (χ1) is 16.3. The lowest BCUT2D eigenvalue weighted by molar-refractivity contribution is -0.128. The molecule has 2 amide bonds.